The van der Waals surface area contributed by atoms with E-state index in [0.717, 1.165) is 12.8 Å². The second kappa shape index (κ2) is 11.9. The highest BCUT2D eigenvalue weighted by Gasteiger charge is 1.99. The summed E-state index contributed by atoms with van der Waals surface area (Å²) in [6.45, 7) is 4.53. The number of unbranched alkanes of at least 4 members (excludes halogenated alkanes) is 8. The molecule has 0 fully saturated rings. The van der Waals surface area contributed by atoms with Gasteiger partial charge in [-0.05, 0) is 43.9 Å². The minimum Gasteiger partial charge on any atom is -0.258 e. The van der Waals surface area contributed by atoms with Crippen molar-refractivity contribution >= 4 is 0 Å². The van der Waals surface area contributed by atoms with Crippen LogP contribution >= 0.6 is 0 Å². The lowest BCUT2D eigenvalue weighted by Crippen LogP contribution is -1.96. The summed E-state index contributed by atoms with van der Waals surface area (Å²) in [5, 5.41) is 0. The van der Waals surface area contributed by atoms with Gasteiger partial charge in [-0.3, -0.25) is 4.98 Å². The Morgan fingerprint density at radius 2 is 1.15 bits per heavy atom. The Hall–Kier alpha value is -0.850. The van der Waals surface area contributed by atoms with Crippen LogP contribution in [0.5, 0.6) is 0 Å². The van der Waals surface area contributed by atoms with E-state index in [1.807, 2.05) is 0 Å². The highest BCUT2D eigenvalue weighted by atomic mass is 14.7. The van der Waals surface area contributed by atoms with Gasteiger partial charge < -0.3 is 0 Å². The van der Waals surface area contributed by atoms with Crippen molar-refractivity contribution in [3.05, 3.63) is 29.6 Å². The maximum absolute atomic E-state index is 4.78. The lowest BCUT2D eigenvalue weighted by Gasteiger charge is -2.05. The molecule has 0 aliphatic carbocycles. The minimum atomic E-state index is 1.13. The quantitative estimate of drug-likeness (QED) is 0.432. The average Bonchev–Trinajstić information content (AvgIpc) is 2.47. The summed E-state index contributed by atoms with van der Waals surface area (Å²) in [6.07, 6.45) is 15.6. The molecule has 1 heterocycles. The highest BCUT2D eigenvalue weighted by Crippen LogP contribution is 2.10. The molecule has 1 nitrogen and oxygen atoms in total. The van der Waals surface area contributed by atoms with Gasteiger partial charge in [-0.1, -0.05) is 65.2 Å². The predicted octanol–water partition coefficient (Wildman–Crippen LogP) is 5.91. The molecular formula is C19H32N. The van der Waals surface area contributed by atoms with Crippen LogP contribution in [0.3, 0.4) is 0 Å². The first-order valence-corrected chi connectivity index (χ1v) is 8.72. The van der Waals surface area contributed by atoms with Crippen molar-refractivity contribution < 1.29 is 0 Å². The van der Waals surface area contributed by atoms with Crippen molar-refractivity contribution in [1.29, 1.82) is 0 Å². The molecule has 0 saturated carbocycles. The Bertz CT molecular complexity index is 303. The summed E-state index contributed by atoms with van der Waals surface area (Å²) >= 11 is 0. The van der Waals surface area contributed by atoms with Crippen molar-refractivity contribution in [1.82, 2.24) is 4.98 Å². The van der Waals surface area contributed by atoms with Crippen molar-refractivity contribution in [2.24, 2.45) is 0 Å². The molecule has 0 N–H and O–H groups in total. The number of aromatic nitrogens is 1. The molecule has 1 aromatic heterocycles. The zero-order valence-corrected chi connectivity index (χ0v) is 13.6. The third kappa shape index (κ3) is 8.35. The maximum atomic E-state index is 4.78. The first kappa shape index (κ1) is 17.2. The van der Waals surface area contributed by atoms with Gasteiger partial charge in [-0.25, -0.2) is 0 Å². The monoisotopic (exact) mass is 274 g/mol. The Balaban J connectivity index is 2.19. The van der Waals surface area contributed by atoms with Crippen LogP contribution in [0.25, 0.3) is 0 Å². The van der Waals surface area contributed by atoms with Crippen LogP contribution in [-0.4, -0.2) is 4.98 Å². The van der Waals surface area contributed by atoms with Gasteiger partial charge in [-0.15, -0.1) is 0 Å². The summed E-state index contributed by atoms with van der Waals surface area (Å²) in [5.74, 6) is 0. The fraction of sp³-hybridized carbons (Fsp3) is 0.737. The van der Waals surface area contributed by atoms with Crippen molar-refractivity contribution in [3.63, 3.8) is 0 Å². The van der Waals surface area contributed by atoms with E-state index >= 15 is 0 Å². The molecule has 1 rings (SSSR count). The van der Waals surface area contributed by atoms with Crippen LogP contribution in [0.1, 0.15) is 89.4 Å². The van der Waals surface area contributed by atoms with E-state index in [2.05, 4.69) is 32.0 Å². The van der Waals surface area contributed by atoms with Crippen LogP contribution in [-0.2, 0) is 12.8 Å². The lowest BCUT2D eigenvalue weighted by molar-refractivity contribution is 0.619. The molecule has 20 heavy (non-hydrogen) atoms. The molecule has 1 aromatic rings. The van der Waals surface area contributed by atoms with Gasteiger partial charge in [0.1, 0.15) is 0 Å². The topological polar surface area (TPSA) is 12.9 Å². The lowest BCUT2D eigenvalue weighted by atomic mass is 10.1. The van der Waals surface area contributed by atoms with Gasteiger partial charge in [0.25, 0.3) is 0 Å². The zero-order valence-electron chi connectivity index (χ0n) is 13.6. The summed E-state index contributed by atoms with van der Waals surface area (Å²) in [4.78, 5) is 4.78. The normalized spacial score (nSPS) is 10.9. The molecule has 0 saturated heterocycles. The largest absolute Gasteiger partial charge is 0.258 e. The van der Waals surface area contributed by atoms with Crippen molar-refractivity contribution in [3.8, 4) is 0 Å². The van der Waals surface area contributed by atoms with E-state index in [1.54, 1.807) is 0 Å². The molecule has 0 bridgehead atoms. The molecule has 1 radical (unpaired) electrons. The molecule has 0 aromatic carbocycles. The zero-order chi connectivity index (χ0) is 14.5. The van der Waals surface area contributed by atoms with E-state index in [9.17, 15) is 0 Å². The van der Waals surface area contributed by atoms with Crippen LogP contribution in [0.4, 0.5) is 0 Å². The number of rotatable bonds is 12. The van der Waals surface area contributed by atoms with E-state index in [0.29, 0.717) is 0 Å². The van der Waals surface area contributed by atoms with Crippen LogP contribution < -0.4 is 0 Å². The van der Waals surface area contributed by atoms with Gasteiger partial charge in [0, 0.05) is 11.4 Å². The summed E-state index contributed by atoms with van der Waals surface area (Å²) in [5.41, 5.74) is 2.49. The van der Waals surface area contributed by atoms with Crippen LogP contribution in [0.2, 0.25) is 0 Å². The standard InChI is InChI=1S/C19H32N/c1-3-5-7-9-11-14-18-16-13-17-19(20-18)15-12-10-8-6-4-2/h16-17H,3-12,14-15H2,1-2H3. The number of pyridine rings is 1. The molecule has 1 heteroatoms. The van der Waals surface area contributed by atoms with Crippen molar-refractivity contribution in [2.75, 3.05) is 0 Å². The summed E-state index contributed by atoms with van der Waals surface area (Å²) < 4.78 is 0. The predicted molar refractivity (Wildman–Crippen MR) is 88.0 cm³/mol. The van der Waals surface area contributed by atoms with Crippen molar-refractivity contribution in [2.45, 2.75) is 90.9 Å². The van der Waals surface area contributed by atoms with E-state index < -0.39 is 0 Å². The Morgan fingerprint density at radius 3 is 1.60 bits per heavy atom. The first-order chi connectivity index (χ1) is 9.86. The van der Waals surface area contributed by atoms with Gasteiger partial charge in [-0.2, -0.15) is 0 Å². The van der Waals surface area contributed by atoms with Gasteiger partial charge in [0.2, 0.25) is 0 Å². The third-order valence-electron chi connectivity index (χ3n) is 3.86. The highest BCUT2D eigenvalue weighted by molar-refractivity contribution is 5.10. The molecule has 0 aliphatic heterocycles. The maximum Gasteiger partial charge on any atom is 0.0413 e. The number of nitrogens with zero attached hydrogens (tertiary/aromatic N) is 1. The first-order valence-electron chi connectivity index (χ1n) is 8.72. The average molecular weight is 274 g/mol. The number of aryl methyl sites for hydroxylation is 2. The molecule has 0 spiro atoms. The second-order valence-corrected chi connectivity index (χ2v) is 5.88. The summed E-state index contributed by atoms with van der Waals surface area (Å²) in [6, 6.07) is 7.41. The van der Waals surface area contributed by atoms with Gasteiger partial charge in [0.15, 0.2) is 0 Å². The van der Waals surface area contributed by atoms with E-state index in [-0.39, 0.29) is 0 Å². The molecule has 0 atom stereocenters. The number of hydrogen-bond donors (Lipinski definition) is 0. The Kier molecular flexibility index (Phi) is 10.3. The molecule has 113 valence electrons. The van der Waals surface area contributed by atoms with E-state index in [1.165, 1.54) is 75.6 Å². The second-order valence-electron chi connectivity index (χ2n) is 5.88. The Morgan fingerprint density at radius 1 is 0.700 bits per heavy atom. The molecule has 0 aliphatic rings. The summed E-state index contributed by atoms with van der Waals surface area (Å²) in [7, 11) is 0. The fourth-order valence-corrected chi connectivity index (χ4v) is 2.56. The minimum absolute atomic E-state index is 1.13. The van der Waals surface area contributed by atoms with Crippen LogP contribution in [0.15, 0.2) is 12.1 Å². The molecular weight excluding hydrogens is 242 g/mol. The third-order valence-corrected chi connectivity index (χ3v) is 3.86. The fourth-order valence-electron chi connectivity index (χ4n) is 2.56. The van der Waals surface area contributed by atoms with E-state index in [4.69, 9.17) is 4.98 Å². The SMILES string of the molecule is CCCCCCCc1c[c]cc(CCCCCCC)n1. The van der Waals surface area contributed by atoms with Gasteiger partial charge in [0.05, 0.1) is 0 Å². The smallest absolute Gasteiger partial charge is 0.0413 e. The number of hydrogen-bond acceptors (Lipinski definition) is 1. The van der Waals surface area contributed by atoms with Crippen LogP contribution in [0, 0.1) is 6.07 Å². The Labute approximate surface area is 126 Å². The van der Waals surface area contributed by atoms with Gasteiger partial charge >= 0.3 is 0 Å². The molecule has 0 unspecified atom stereocenters. The molecule has 0 amide bonds.